The van der Waals surface area contributed by atoms with Crippen LogP contribution in [0.3, 0.4) is 0 Å². The molecule has 2 aromatic carbocycles. The van der Waals surface area contributed by atoms with Gasteiger partial charge in [-0.05, 0) is 29.8 Å². The van der Waals surface area contributed by atoms with E-state index in [1.165, 1.54) is 0 Å². The summed E-state index contributed by atoms with van der Waals surface area (Å²) in [4.78, 5) is 11.5. The second-order valence-corrected chi connectivity index (χ2v) is 4.66. The predicted octanol–water partition coefficient (Wildman–Crippen LogP) is 3.60. The van der Waals surface area contributed by atoms with Gasteiger partial charge in [-0.2, -0.15) is 5.10 Å². The fourth-order valence-corrected chi connectivity index (χ4v) is 1.66. The number of hydrogen-bond acceptors (Lipinski definition) is 2. The maximum atomic E-state index is 11.5. The van der Waals surface area contributed by atoms with Crippen LogP contribution in [0.2, 0.25) is 0 Å². The zero-order chi connectivity index (χ0) is 13.5. The number of urea groups is 1. The number of nitrogens with one attached hydrogen (secondary N) is 2. The third-order valence-corrected chi connectivity index (χ3v) is 2.81. The Morgan fingerprint density at radius 3 is 2.42 bits per heavy atom. The number of para-hydroxylation sites is 1. The van der Waals surface area contributed by atoms with Crippen LogP contribution in [0.5, 0.6) is 0 Å². The van der Waals surface area contributed by atoms with Gasteiger partial charge in [0.2, 0.25) is 0 Å². The quantitative estimate of drug-likeness (QED) is 0.659. The molecule has 0 aliphatic carbocycles. The summed E-state index contributed by atoms with van der Waals surface area (Å²) in [6, 6.07) is 16.4. The first-order chi connectivity index (χ1) is 9.24. The standard InChI is InChI=1S/C14H12BrN3O/c15-12-8-6-11(7-9-12)10-16-18-14(19)17-13-4-2-1-3-5-13/h1-10H,(H2,17,18,19)/b16-10-. The number of carbonyl (C=O) groups excluding carboxylic acids is 1. The average Bonchev–Trinajstić information content (AvgIpc) is 2.42. The number of carbonyl (C=O) groups is 1. The summed E-state index contributed by atoms with van der Waals surface area (Å²) >= 11 is 3.35. The molecule has 0 unspecified atom stereocenters. The number of nitrogens with zero attached hydrogens (tertiary/aromatic N) is 1. The Morgan fingerprint density at radius 2 is 1.74 bits per heavy atom. The minimum absolute atomic E-state index is 0.375. The van der Waals surface area contributed by atoms with Crippen molar-refractivity contribution in [3.8, 4) is 0 Å². The summed E-state index contributed by atoms with van der Waals surface area (Å²) in [5.74, 6) is 0. The van der Waals surface area contributed by atoms with Gasteiger partial charge in [0.05, 0.1) is 6.21 Å². The van der Waals surface area contributed by atoms with Gasteiger partial charge in [-0.1, -0.05) is 46.3 Å². The predicted molar refractivity (Wildman–Crippen MR) is 80.3 cm³/mol. The lowest BCUT2D eigenvalue weighted by molar-refractivity contribution is 0.252. The molecule has 2 N–H and O–H groups in total. The average molecular weight is 318 g/mol. The van der Waals surface area contributed by atoms with Crippen molar-refractivity contribution in [2.75, 3.05) is 5.32 Å². The van der Waals surface area contributed by atoms with Crippen molar-refractivity contribution in [1.29, 1.82) is 0 Å². The van der Waals surface area contributed by atoms with Crippen molar-refractivity contribution in [2.24, 2.45) is 5.10 Å². The molecule has 0 atom stereocenters. The highest BCUT2D eigenvalue weighted by atomic mass is 79.9. The summed E-state index contributed by atoms with van der Waals surface area (Å²) < 4.78 is 0.999. The van der Waals surface area contributed by atoms with Crippen LogP contribution in [-0.2, 0) is 0 Å². The van der Waals surface area contributed by atoms with Gasteiger partial charge < -0.3 is 5.32 Å². The molecule has 2 aromatic rings. The molecule has 19 heavy (non-hydrogen) atoms. The largest absolute Gasteiger partial charge is 0.339 e. The van der Waals surface area contributed by atoms with Gasteiger partial charge in [-0.25, -0.2) is 10.2 Å². The first kappa shape index (κ1) is 13.3. The molecule has 0 saturated carbocycles. The first-order valence-electron chi connectivity index (χ1n) is 5.65. The topological polar surface area (TPSA) is 53.5 Å². The van der Waals surface area contributed by atoms with E-state index in [-0.39, 0.29) is 6.03 Å². The van der Waals surface area contributed by atoms with Crippen molar-refractivity contribution in [3.05, 3.63) is 64.6 Å². The summed E-state index contributed by atoms with van der Waals surface area (Å²) in [6.07, 6.45) is 1.58. The Balaban J connectivity index is 1.85. The van der Waals surface area contributed by atoms with Crippen LogP contribution >= 0.6 is 15.9 Å². The Kier molecular flexibility index (Phi) is 4.69. The van der Waals surface area contributed by atoms with E-state index in [2.05, 4.69) is 31.8 Å². The third kappa shape index (κ3) is 4.56. The maximum absolute atomic E-state index is 11.5. The smallest absolute Gasteiger partial charge is 0.307 e. The number of anilines is 1. The molecule has 0 aliphatic heterocycles. The Labute approximate surface area is 119 Å². The number of hydrogen-bond donors (Lipinski definition) is 2. The lowest BCUT2D eigenvalue weighted by Gasteiger charge is -2.03. The van der Waals surface area contributed by atoms with Crippen molar-refractivity contribution < 1.29 is 4.79 Å². The van der Waals surface area contributed by atoms with Crippen LogP contribution in [0.1, 0.15) is 5.56 Å². The lowest BCUT2D eigenvalue weighted by atomic mass is 10.2. The van der Waals surface area contributed by atoms with Crippen LogP contribution in [0.4, 0.5) is 10.5 Å². The molecular formula is C14H12BrN3O. The summed E-state index contributed by atoms with van der Waals surface area (Å²) in [5, 5.41) is 6.53. The van der Waals surface area contributed by atoms with Crippen molar-refractivity contribution in [1.82, 2.24) is 5.43 Å². The monoisotopic (exact) mass is 317 g/mol. The molecular weight excluding hydrogens is 306 g/mol. The molecule has 0 aliphatic rings. The van der Waals surface area contributed by atoms with Crippen LogP contribution in [0.25, 0.3) is 0 Å². The van der Waals surface area contributed by atoms with Crippen molar-refractivity contribution >= 4 is 33.9 Å². The Hall–Kier alpha value is -2.14. The van der Waals surface area contributed by atoms with Crippen molar-refractivity contribution in [3.63, 3.8) is 0 Å². The number of hydrazone groups is 1. The molecule has 2 rings (SSSR count). The molecule has 96 valence electrons. The first-order valence-corrected chi connectivity index (χ1v) is 6.44. The van der Waals surface area contributed by atoms with Gasteiger partial charge in [0.15, 0.2) is 0 Å². The molecule has 0 fully saturated rings. The van der Waals surface area contributed by atoms with E-state index in [9.17, 15) is 4.79 Å². The molecule has 0 bridgehead atoms. The third-order valence-electron chi connectivity index (χ3n) is 2.28. The summed E-state index contributed by atoms with van der Waals surface area (Å²) in [6.45, 7) is 0. The zero-order valence-electron chi connectivity index (χ0n) is 10.0. The molecule has 0 heterocycles. The van der Waals surface area contributed by atoms with E-state index < -0.39 is 0 Å². The molecule has 0 saturated heterocycles. The molecule has 0 aromatic heterocycles. The van der Waals surface area contributed by atoms with Crippen LogP contribution in [0.15, 0.2) is 64.2 Å². The number of amides is 2. The molecule has 5 heteroatoms. The molecule has 0 spiro atoms. The van der Waals surface area contributed by atoms with Gasteiger partial charge >= 0.3 is 6.03 Å². The van der Waals surface area contributed by atoms with Gasteiger partial charge in [-0.15, -0.1) is 0 Å². The van der Waals surface area contributed by atoms with Gasteiger partial charge in [-0.3, -0.25) is 0 Å². The van der Waals surface area contributed by atoms with Crippen LogP contribution in [0, 0.1) is 0 Å². The SMILES string of the molecule is O=C(N/N=C\c1ccc(Br)cc1)Nc1ccccc1. The second-order valence-electron chi connectivity index (χ2n) is 3.74. The van der Waals surface area contributed by atoms with E-state index in [4.69, 9.17) is 0 Å². The van der Waals surface area contributed by atoms with E-state index >= 15 is 0 Å². The number of benzene rings is 2. The second kappa shape index (κ2) is 6.70. The Morgan fingerprint density at radius 1 is 1.05 bits per heavy atom. The maximum Gasteiger partial charge on any atom is 0.339 e. The lowest BCUT2D eigenvalue weighted by Crippen LogP contribution is -2.24. The van der Waals surface area contributed by atoms with E-state index in [1.807, 2.05) is 42.5 Å². The minimum Gasteiger partial charge on any atom is -0.307 e. The number of rotatable bonds is 3. The highest BCUT2D eigenvalue weighted by molar-refractivity contribution is 9.10. The van der Waals surface area contributed by atoms with E-state index in [0.29, 0.717) is 0 Å². The molecule has 2 amide bonds. The zero-order valence-corrected chi connectivity index (χ0v) is 11.6. The highest BCUT2D eigenvalue weighted by Gasteiger charge is 1.97. The van der Waals surface area contributed by atoms with Gasteiger partial charge in [0.1, 0.15) is 0 Å². The number of halogens is 1. The minimum atomic E-state index is -0.375. The summed E-state index contributed by atoms with van der Waals surface area (Å²) in [7, 11) is 0. The van der Waals surface area contributed by atoms with E-state index in [1.54, 1.807) is 18.3 Å². The van der Waals surface area contributed by atoms with Gasteiger partial charge in [0, 0.05) is 10.2 Å². The molecule has 0 radical (unpaired) electrons. The summed E-state index contributed by atoms with van der Waals surface area (Å²) in [5.41, 5.74) is 4.03. The van der Waals surface area contributed by atoms with Crippen molar-refractivity contribution in [2.45, 2.75) is 0 Å². The van der Waals surface area contributed by atoms with E-state index in [0.717, 1.165) is 15.7 Å². The van der Waals surface area contributed by atoms with Crippen LogP contribution < -0.4 is 10.7 Å². The Bertz CT molecular complexity index is 567. The molecule has 4 nitrogen and oxygen atoms in total. The van der Waals surface area contributed by atoms with Crippen LogP contribution in [-0.4, -0.2) is 12.2 Å². The fourth-order valence-electron chi connectivity index (χ4n) is 1.39. The fraction of sp³-hybridized carbons (Fsp3) is 0. The normalized spacial score (nSPS) is 10.4. The van der Waals surface area contributed by atoms with Gasteiger partial charge in [0.25, 0.3) is 0 Å². The highest BCUT2D eigenvalue weighted by Crippen LogP contribution is 2.09.